The van der Waals surface area contributed by atoms with Crippen molar-refractivity contribution in [2.24, 2.45) is 5.92 Å². The lowest BCUT2D eigenvalue weighted by Crippen LogP contribution is -2.06. The number of benzene rings is 1. The molecule has 0 aromatic heterocycles. The van der Waals surface area contributed by atoms with E-state index >= 15 is 0 Å². The van der Waals surface area contributed by atoms with E-state index in [-0.39, 0.29) is 0 Å². The highest BCUT2D eigenvalue weighted by atomic mass is 32.2. The Labute approximate surface area is 124 Å². The van der Waals surface area contributed by atoms with Crippen molar-refractivity contribution >= 4 is 17.5 Å². The van der Waals surface area contributed by atoms with Crippen LogP contribution in [0.25, 0.3) is 0 Å². The van der Waals surface area contributed by atoms with E-state index in [1.54, 1.807) is 11.8 Å². The van der Waals surface area contributed by atoms with E-state index in [4.69, 9.17) is 9.47 Å². The summed E-state index contributed by atoms with van der Waals surface area (Å²) in [5, 5.41) is 0. The number of carbonyl (C=O) groups excluding carboxylic acids is 1. The van der Waals surface area contributed by atoms with Crippen LogP contribution in [-0.4, -0.2) is 24.7 Å². The van der Waals surface area contributed by atoms with Gasteiger partial charge in [0.2, 0.25) is 0 Å². The molecule has 3 rings (SSSR count). The second-order valence-electron chi connectivity index (χ2n) is 5.35. The Bertz CT molecular complexity index is 487. The fraction of sp³-hybridized carbons (Fsp3) is 0.562. The average molecular weight is 292 g/mol. The van der Waals surface area contributed by atoms with E-state index < -0.39 is 0 Å². The van der Waals surface area contributed by atoms with Gasteiger partial charge in [-0.05, 0) is 43.2 Å². The molecule has 1 unspecified atom stereocenters. The maximum absolute atomic E-state index is 11.6. The molecule has 1 heterocycles. The van der Waals surface area contributed by atoms with Crippen LogP contribution in [0.15, 0.2) is 23.1 Å². The molecule has 1 atom stereocenters. The normalized spacial score (nSPS) is 21.8. The van der Waals surface area contributed by atoms with Gasteiger partial charge < -0.3 is 9.47 Å². The standard InChI is InChI=1S/C16H20O3S/c17-14-4-1-3-12(14)7-10-20-13-5-6-15-16(11-13)19-9-2-8-18-15/h5-6,11-12H,1-4,7-10H2. The molecule has 0 spiro atoms. The Kier molecular flexibility index (Phi) is 4.51. The Morgan fingerprint density at radius 2 is 2.00 bits per heavy atom. The zero-order chi connectivity index (χ0) is 13.8. The third-order valence-electron chi connectivity index (χ3n) is 3.89. The van der Waals surface area contributed by atoms with Gasteiger partial charge in [-0.1, -0.05) is 0 Å². The van der Waals surface area contributed by atoms with Crippen LogP contribution in [0.2, 0.25) is 0 Å². The quantitative estimate of drug-likeness (QED) is 0.793. The minimum Gasteiger partial charge on any atom is -0.490 e. The molecule has 1 aliphatic heterocycles. The first kappa shape index (κ1) is 13.8. The Morgan fingerprint density at radius 3 is 2.80 bits per heavy atom. The van der Waals surface area contributed by atoms with E-state index in [0.29, 0.717) is 11.7 Å². The molecule has 3 nitrogen and oxygen atoms in total. The number of rotatable bonds is 4. The van der Waals surface area contributed by atoms with Gasteiger partial charge in [0, 0.05) is 23.7 Å². The van der Waals surface area contributed by atoms with Gasteiger partial charge in [0.25, 0.3) is 0 Å². The molecule has 1 aliphatic carbocycles. The first-order chi connectivity index (χ1) is 9.83. The van der Waals surface area contributed by atoms with Crippen LogP contribution in [0.1, 0.15) is 32.1 Å². The van der Waals surface area contributed by atoms with Crippen LogP contribution in [0.3, 0.4) is 0 Å². The predicted molar refractivity (Wildman–Crippen MR) is 79.7 cm³/mol. The summed E-state index contributed by atoms with van der Waals surface area (Å²) in [6.07, 6.45) is 4.89. The molecule has 1 saturated carbocycles. The van der Waals surface area contributed by atoms with Gasteiger partial charge in [-0.25, -0.2) is 0 Å². The van der Waals surface area contributed by atoms with Crippen molar-refractivity contribution in [3.8, 4) is 11.5 Å². The van der Waals surface area contributed by atoms with Gasteiger partial charge >= 0.3 is 0 Å². The topological polar surface area (TPSA) is 35.5 Å². The van der Waals surface area contributed by atoms with Crippen LogP contribution < -0.4 is 9.47 Å². The van der Waals surface area contributed by atoms with Crippen molar-refractivity contribution in [2.45, 2.75) is 37.0 Å². The number of Topliss-reactive ketones (excluding diaryl/α,β-unsaturated/α-hetero) is 1. The maximum Gasteiger partial charge on any atom is 0.162 e. The van der Waals surface area contributed by atoms with Crippen LogP contribution in [0, 0.1) is 5.92 Å². The zero-order valence-electron chi connectivity index (χ0n) is 11.6. The number of hydrogen-bond acceptors (Lipinski definition) is 4. The number of fused-ring (bicyclic) bond motifs is 1. The summed E-state index contributed by atoms with van der Waals surface area (Å²) in [6.45, 7) is 1.45. The molecular weight excluding hydrogens is 272 g/mol. The monoisotopic (exact) mass is 292 g/mol. The Morgan fingerprint density at radius 1 is 1.15 bits per heavy atom. The van der Waals surface area contributed by atoms with E-state index in [1.165, 1.54) is 4.90 Å². The van der Waals surface area contributed by atoms with Gasteiger partial charge in [-0.15, -0.1) is 11.8 Å². The molecule has 4 heteroatoms. The summed E-state index contributed by atoms with van der Waals surface area (Å²) in [5.41, 5.74) is 0. The lowest BCUT2D eigenvalue weighted by atomic mass is 10.1. The number of ether oxygens (including phenoxy) is 2. The maximum atomic E-state index is 11.6. The van der Waals surface area contributed by atoms with Crippen LogP contribution in [-0.2, 0) is 4.79 Å². The Balaban J connectivity index is 1.55. The van der Waals surface area contributed by atoms with Gasteiger partial charge in [-0.3, -0.25) is 4.79 Å². The summed E-state index contributed by atoms with van der Waals surface area (Å²) < 4.78 is 11.3. The lowest BCUT2D eigenvalue weighted by Gasteiger charge is -2.10. The minimum absolute atomic E-state index is 0.308. The van der Waals surface area contributed by atoms with Gasteiger partial charge in [0.05, 0.1) is 13.2 Å². The highest BCUT2D eigenvalue weighted by Crippen LogP contribution is 2.35. The number of hydrogen-bond donors (Lipinski definition) is 0. The Hall–Kier alpha value is -1.16. The second kappa shape index (κ2) is 6.53. The molecule has 1 aromatic carbocycles. The molecule has 0 amide bonds. The van der Waals surface area contributed by atoms with Crippen molar-refractivity contribution in [3.63, 3.8) is 0 Å². The SMILES string of the molecule is O=C1CCCC1CCSc1ccc2c(c1)OCCCO2. The molecule has 0 N–H and O–H groups in total. The number of ketones is 1. The molecule has 108 valence electrons. The minimum atomic E-state index is 0.308. The highest BCUT2D eigenvalue weighted by molar-refractivity contribution is 7.99. The highest BCUT2D eigenvalue weighted by Gasteiger charge is 2.23. The predicted octanol–water partition coefficient (Wildman–Crippen LogP) is 3.70. The van der Waals surface area contributed by atoms with E-state index in [9.17, 15) is 4.79 Å². The van der Waals surface area contributed by atoms with Crippen molar-refractivity contribution in [3.05, 3.63) is 18.2 Å². The summed E-state index contributed by atoms with van der Waals surface area (Å²) in [6, 6.07) is 6.13. The molecule has 1 fully saturated rings. The van der Waals surface area contributed by atoms with Crippen LogP contribution >= 0.6 is 11.8 Å². The second-order valence-corrected chi connectivity index (χ2v) is 6.52. The van der Waals surface area contributed by atoms with Gasteiger partial charge in [-0.2, -0.15) is 0 Å². The largest absolute Gasteiger partial charge is 0.490 e. The van der Waals surface area contributed by atoms with Crippen LogP contribution in [0.4, 0.5) is 0 Å². The third kappa shape index (κ3) is 3.29. The van der Waals surface area contributed by atoms with Crippen molar-refractivity contribution < 1.29 is 14.3 Å². The first-order valence-corrected chi connectivity index (χ1v) is 8.36. The summed E-state index contributed by atoms with van der Waals surface area (Å²) in [7, 11) is 0. The molecule has 2 aliphatic rings. The molecule has 0 saturated heterocycles. The van der Waals surface area contributed by atoms with Gasteiger partial charge in [0.15, 0.2) is 11.5 Å². The van der Waals surface area contributed by atoms with E-state index in [2.05, 4.69) is 12.1 Å². The number of carbonyl (C=O) groups is 1. The summed E-state index contributed by atoms with van der Waals surface area (Å²) in [5.74, 6) is 3.46. The zero-order valence-corrected chi connectivity index (χ0v) is 12.4. The fourth-order valence-corrected chi connectivity index (χ4v) is 3.74. The van der Waals surface area contributed by atoms with Crippen LogP contribution in [0.5, 0.6) is 11.5 Å². The molecule has 1 aromatic rings. The van der Waals surface area contributed by atoms with Crippen molar-refractivity contribution in [1.82, 2.24) is 0 Å². The smallest absolute Gasteiger partial charge is 0.162 e. The van der Waals surface area contributed by atoms with Crippen molar-refractivity contribution in [2.75, 3.05) is 19.0 Å². The van der Waals surface area contributed by atoms with E-state index in [0.717, 1.165) is 62.6 Å². The first-order valence-electron chi connectivity index (χ1n) is 7.38. The number of thioether (sulfide) groups is 1. The molecule has 0 radical (unpaired) electrons. The molecule has 20 heavy (non-hydrogen) atoms. The third-order valence-corrected chi connectivity index (χ3v) is 4.91. The van der Waals surface area contributed by atoms with Crippen molar-refractivity contribution in [1.29, 1.82) is 0 Å². The molecular formula is C16H20O3S. The average Bonchev–Trinajstić information content (AvgIpc) is 2.73. The molecule has 0 bridgehead atoms. The summed E-state index contributed by atoms with van der Waals surface area (Å²) in [4.78, 5) is 12.8. The fourth-order valence-electron chi connectivity index (χ4n) is 2.75. The lowest BCUT2D eigenvalue weighted by molar-refractivity contribution is -0.120. The summed E-state index contributed by atoms with van der Waals surface area (Å²) >= 11 is 1.80. The van der Waals surface area contributed by atoms with Gasteiger partial charge in [0.1, 0.15) is 5.78 Å². The van der Waals surface area contributed by atoms with E-state index in [1.807, 2.05) is 6.07 Å².